The lowest BCUT2D eigenvalue weighted by molar-refractivity contribution is 0.0599. The molecule has 2 aromatic rings. The predicted molar refractivity (Wildman–Crippen MR) is 64.0 cm³/mol. The lowest BCUT2D eigenvalue weighted by atomic mass is 10.0. The number of ether oxygens (including phenoxy) is 1. The Balaban J connectivity index is 2.76. The second kappa shape index (κ2) is 4.18. The number of hydrogen-bond acceptors (Lipinski definition) is 4. The van der Waals surface area contributed by atoms with Gasteiger partial charge in [0.05, 0.1) is 12.7 Å². The summed E-state index contributed by atoms with van der Waals surface area (Å²) in [6, 6.07) is 3.20. The maximum atomic E-state index is 11.5. The summed E-state index contributed by atoms with van der Waals surface area (Å²) in [6.07, 6.45) is 0. The van der Waals surface area contributed by atoms with Crippen LogP contribution in [0.5, 0.6) is 0 Å². The maximum absolute atomic E-state index is 11.5. The number of aryl methyl sites for hydroxylation is 2. The van der Waals surface area contributed by atoms with E-state index in [0.29, 0.717) is 27.7 Å². The number of carboxylic acids is 1. The minimum Gasteiger partial charge on any atom is -0.475 e. The van der Waals surface area contributed by atoms with Gasteiger partial charge < -0.3 is 14.3 Å². The van der Waals surface area contributed by atoms with Crippen molar-refractivity contribution in [1.29, 1.82) is 0 Å². The van der Waals surface area contributed by atoms with Crippen LogP contribution in [-0.4, -0.2) is 24.2 Å². The molecule has 0 aliphatic rings. The molecule has 5 heteroatoms. The minimum atomic E-state index is -1.12. The van der Waals surface area contributed by atoms with Gasteiger partial charge in [0.2, 0.25) is 5.76 Å². The second-order valence-corrected chi connectivity index (χ2v) is 4.02. The van der Waals surface area contributed by atoms with Crippen molar-refractivity contribution in [2.75, 3.05) is 7.11 Å². The molecule has 0 aliphatic carbocycles. The third-order valence-electron chi connectivity index (χ3n) is 2.84. The number of fused-ring (bicyclic) bond motifs is 1. The van der Waals surface area contributed by atoms with E-state index in [2.05, 4.69) is 4.74 Å². The molecule has 18 heavy (non-hydrogen) atoms. The molecule has 0 fully saturated rings. The van der Waals surface area contributed by atoms with Gasteiger partial charge in [0.25, 0.3) is 0 Å². The summed E-state index contributed by atoms with van der Waals surface area (Å²) in [7, 11) is 1.30. The van der Waals surface area contributed by atoms with Crippen LogP contribution in [0.2, 0.25) is 0 Å². The Labute approximate surface area is 103 Å². The van der Waals surface area contributed by atoms with Gasteiger partial charge in [0.1, 0.15) is 5.58 Å². The number of carbonyl (C=O) groups is 2. The SMILES string of the molecule is COC(=O)c1cc(C)c2oc(C(=O)O)c(C)c2c1. The molecule has 5 nitrogen and oxygen atoms in total. The molecule has 0 amide bonds. The number of aromatic carboxylic acids is 1. The van der Waals surface area contributed by atoms with E-state index in [1.54, 1.807) is 26.0 Å². The normalized spacial score (nSPS) is 10.6. The van der Waals surface area contributed by atoms with Crippen molar-refractivity contribution in [2.45, 2.75) is 13.8 Å². The predicted octanol–water partition coefficient (Wildman–Crippen LogP) is 2.53. The molecule has 1 heterocycles. The summed E-state index contributed by atoms with van der Waals surface area (Å²) < 4.78 is 9.96. The van der Waals surface area contributed by atoms with Crippen LogP contribution in [0.25, 0.3) is 11.0 Å². The number of carboxylic acid groups (broad SMARTS) is 1. The Bertz CT molecular complexity index is 651. The first-order chi connectivity index (χ1) is 8.45. The third-order valence-corrected chi connectivity index (χ3v) is 2.84. The van der Waals surface area contributed by atoms with E-state index in [1.165, 1.54) is 7.11 Å². The van der Waals surface area contributed by atoms with Crippen LogP contribution in [0.1, 0.15) is 32.0 Å². The van der Waals surface area contributed by atoms with Gasteiger partial charge in [0.15, 0.2) is 0 Å². The van der Waals surface area contributed by atoms with E-state index >= 15 is 0 Å². The van der Waals surface area contributed by atoms with Gasteiger partial charge in [-0.3, -0.25) is 0 Å². The standard InChI is InChI=1S/C13H12O5/c1-6-4-8(13(16)17-3)5-9-7(2)11(12(14)15)18-10(6)9/h4-5H,1-3H3,(H,14,15). The van der Waals surface area contributed by atoms with Crippen molar-refractivity contribution in [2.24, 2.45) is 0 Å². The summed E-state index contributed by atoms with van der Waals surface area (Å²) in [4.78, 5) is 22.5. The molecule has 0 saturated carbocycles. The van der Waals surface area contributed by atoms with Gasteiger partial charge in [-0.15, -0.1) is 0 Å². The average Bonchev–Trinajstić information content (AvgIpc) is 2.67. The van der Waals surface area contributed by atoms with Crippen molar-refractivity contribution in [3.63, 3.8) is 0 Å². The molecule has 0 aliphatic heterocycles. The molecule has 1 aromatic carbocycles. The molecule has 0 bridgehead atoms. The highest BCUT2D eigenvalue weighted by molar-refractivity contribution is 6.00. The zero-order chi connectivity index (χ0) is 13.4. The fraction of sp³-hybridized carbons (Fsp3) is 0.231. The molecule has 0 radical (unpaired) electrons. The number of hydrogen-bond donors (Lipinski definition) is 1. The Kier molecular flexibility index (Phi) is 2.82. The van der Waals surface area contributed by atoms with E-state index in [4.69, 9.17) is 9.52 Å². The monoisotopic (exact) mass is 248 g/mol. The molecule has 94 valence electrons. The van der Waals surface area contributed by atoms with Crippen LogP contribution in [0, 0.1) is 13.8 Å². The highest BCUT2D eigenvalue weighted by atomic mass is 16.5. The number of carbonyl (C=O) groups excluding carboxylic acids is 1. The first-order valence-electron chi connectivity index (χ1n) is 5.31. The largest absolute Gasteiger partial charge is 0.475 e. The van der Waals surface area contributed by atoms with Gasteiger partial charge >= 0.3 is 11.9 Å². The van der Waals surface area contributed by atoms with Gasteiger partial charge in [-0.2, -0.15) is 0 Å². The first-order valence-corrected chi connectivity index (χ1v) is 5.31. The van der Waals surface area contributed by atoms with Crippen LogP contribution in [-0.2, 0) is 4.74 Å². The first kappa shape index (κ1) is 12.2. The molecular formula is C13H12O5. The number of methoxy groups -OCH3 is 1. The van der Waals surface area contributed by atoms with Crippen molar-refractivity contribution in [3.8, 4) is 0 Å². The fourth-order valence-corrected chi connectivity index (χ4v) is 1.93. The zero-order valence-electron chi connectivity index (χ0n) is 10.2. The van der Waals surface area contributed by atoms with Crippen LogP contribution < -0.4 is 0 Å². The Morgan fingerprint density at radius 3 is 2.50 bits per heavy atom. The van der Waals surface area contributed by atoms with Gasteiger partial charge in [0, 0.05) is 10.9 Å². The Morgan fingerprint density at radius 2 is 1.94 bits per heavy atom. The maximum Gasteiger partial charge on any atom is 0.372 e. The summed E-state index contributed by atoms with van der Waals surface area (Å²) in [5.74, 6) is -1.68. The second-order valence-electron chi connectivity index (χ2n) is 4.02. The van der Waals surface area contributed by atoms with Gasteiger partial charge in [-0.05, 0) is 31.5 Å². The molecule has 1 aromatic heterocycles. The van der Waals surface area contributed by atoms with E-state index in [-0.39, 0.29) is 5.76 Å². The zero-order valence-corrected chi connectivity index (χ0v) is 10.2. The molecule has 0 atom stereocenters. The van der Waals surface area contributed by atoms with Crippen molar-refractivity contribution >= 4 is 22.9 Å². The van der Waals surface area contributed by atoms with Crippen molar-refractivity contribution in [1.82, 2.24) is 0 Å². The van der Waals surface area contributed by atoms with Crippen LogP contribution >= 0.6 is 0 Å². The smallest absolute Gasteiger partial charge is 0.372 e. The van der Waals surface area contributed by atoms with Crippen LogP contribution in [0.4, 0.5) is 0 Å². The molecule has 1 N–H and O–H groups in total. The minimum absolute atomic E-state index is 0.102. The fourth-order valence-electron chi connectivity index (χ4n) is 1.93. The Hall–Kier alpha value is -2.30. The number of benzene rings is 1. The number of furan rings is 1. The van der Waals surface area contributed by atoms with E-state index < -0.39 is 11.9 Å². The molecular weight excluding hydrogens is 236 g/mol. The summed E-state index contributed by atoms with van der Waals surface area (Å²) in [6.45, 7) is 3.40. The quantitative estimate of drug-likeness (QED) is 0.826. The van der Waals surface area contributed by atoms with E-state index in [0.717, 1.165) is 0 Å². The average molecular weight is 248 g/mol. The summed E-state index contributed by atoms with van der Waals surface area (Å²) in [5.41, 5.74) is 2.07. The van der Waals surface area contributed by atoms with Crippen molar-refractivity contribution < 1.29 is 23.8 Å². The lowest BCUT2D eigenvalue weighted by Crippen LogP contribution is -2.01. The van der Waals surface area contributed by atoms with Gasteiger partial charge in [-0.25, -0.2) is 9.59 Å². The van der Waals surface area contributed by atoms with E-state index in [1.807, 2.05) is 0 Å². The third kappa shape index (κ3) is 1.73. The topological polar surface area (TPSA) is 76.7 Å². The number of rotatable bonds is 2. The Morgan fingerprint density at radius 1 is 1.28 bits per heavy atom. The van der Waals surface area contributed by atoms with Crippen LogP contribution in [0.3, 0.4) is 0 Å². The highest BCUT2D eigenvalue weighted by Crippen LogP contribution is 2.29. The van der Waals surface area contributed by atoms with E-state index in [9.17, 15) is 9.59 Å². The van der Waals surface area contributed by atoms with Crippen LogP contribution in [0.15, 0.2) is 16.5 Å². The molecule has 2 rings (SSSR count). The van der Waals surface area contributed by atoms with Gasteiger partial charge in [-0.1, -0.05) is 0 Å². The highest BCUT2D eigenvalue weighted by Gasteiger charge is 2.19. The van der Waals surface area contributed by atoms with Crippen molar-refractivity contribution in [3.05, 3.63) is 34.6 Å². The number of esters is 1. The molecule has 0 spiro atoms. The summed E-state index contributed by atoms with van der Waals surface area (Å²) >= 11 is 0. The molecule has 0 saturated heterocycles. The lowest BCUT2D eigenvalue weighted by Gasteiger charge is -2.01. The summed E-state index contributed by atoms with van der Waals surface area (Å²) in [5, 5.41) is 9.62. The molecule has 0 unspecified atom stereocenters.